The number of carbonyl (C=O) groups is 2. The molecule has 0 fully saturated rings. The largest absolute Gasteiger partial charge is 0.469 e. The molecule has 1 aromatic carbocycles. The molecule has 0 heterocycles. The SMILES string of the molecule is CCCCCCCCCCCCCCCCCCN(C(=O)OC(C)(C)C)c1ccc(CCC(=O)OC)cc1. The van der Waals surface area contributed by atoms with Crippen LogP contribution in [0.1, 0.15) is 142 Å². The van der Waals surface area contributed by atoms with E-state index < -0.39 is 5.60 Å². The van der Waals surface area contributed by atoms with Gasteiger partial charge in [0.25, 0.3) is 0 Å². The molecule has 218 valence electrons. The van der Waals surface area contributed by atoms with Crippen molar-refractivity contribution in [3.8, 4) is 0 Å². The number of methoxy groups -OCH3 is 1. The normalized spacial score (nSPS) is 11.4. The lowest BCUT2D eigenvalue weighted by molar-refractivity contribution is -0.140. The molecule has 0 unspecified atom stereocenters. The van der Waals surface area contributed by atoms with Gasteiger partial charge in [-0.2, -0.15) is 0 Å². The number of hydrogen-bond acceptors (Lipinski definition) is 4. The second-order valence-electron chi connectivity index (χ2n) is 11.7. The van der Waals surface area contributed by atoms with Crippen LogP contribution in [0.25, 0.3) is 0 Å². The molecule has 1 rings (SSSR count). The zero-order valence-corrected chi connectivity index (χ0v) is 25.3. The van der Waals surface area contributed by atoms with Crippen LogP contribution < -0.4 is 4.90 Å². The van der Waals surface area contributed by atoms with Crippen molar-refractivity contribution in [1.29, 1.82) is 0 Å². The number of rotatable bonds is 21. The monoisotopic (exact) mass is 531 g/mol. The maximum absolute atomic E-state index is 12.9. The zero-order chi connectivity index (χ0) is 28.1. The van der Waals surface area contributed by atoms with Crippen molar-refractivity contribution >= 4 is 17.7 Å². The summed E-state index contributed by atoms with van der Waals surface area (Å²) < 4.78 is 10.4. The molecule has 0 aliphatic heterocycles. The Morgan fingerprint density at radius 3 is 1.58 bits per heavy atom. The van der Waals surface area contributed by atoms with E-state index in [2.05, 4.69) is 6.92 Å². The first-order chi connectivity index (χ1) is 18.3. The average molecular weight is 532 g/mol. The highest BCUT2D eigenvalue weighted by atomic mass is 16.6. The smallest absolute Gasteiger partial charge is 0.414 e. The molecule has 0 aromatic heterocycles. The highest BCUT2D eigenvalue weighted by Crippen LogP contribution is 2.21. The molecule has 1 aromatic rings. The van der Waals surface area contributed by atoms with Crippen molar-refractivity contribution in [2.45, 2.75) is 149 Å². The van der Waals surface area contributed by atoms with E-state index in [4.69, 9.17) is 9.47 Å². The van der Waals surface area contributed by atoms with Gasteiger partial charge in [-0.3, -0.25) is 9.69 Å². The van der Waals surface area contributed by atoms with Gasteiger partial charge in [0.2, 0.25) is 0 Å². The van der Waals surface area contributed by atoms with Crippen molar-refractivity contribution in [2.24, 2.45) is 0 Å². The number of benzene rings is 1. The summed E-state index contributed by atoms with van der Waals surface area (Å²) in [4.78, 5) is 26.1. The molecule has 5 nitrogen and oxygen atoms in total. The quantitative estimate of drug-likeness (QED) is 0.117. The number of hydrogen-bond donors (Lipinski definition) is 0. The third-order valence-electron chi connectivity index (χ3n) is 6.94. The number of carbonyl (C=O) groups excluding carboxylic acids is 2. The van der Waals surface area contributed by atoms with E-state index in [0.29, 0.717) is 19.4 Å². The van der Waals surface area contributed by atoms with Gasteiger partial charge in [0.15, 0.2) is 0 Å². The van der Waals surface area contributed by atoms with E-state index in [1.165, 1.54) is 97.0 Å². The van der Waals surface area contributed by atoms with Gasteiger partial charge in [-0.1, -0.05) is 115 Å². The van der Waals surface area contributed by atoms with Gasteiger partial charge >= 0.3 is 12.1 Å². The highest BCUT2D eigenvalue weighted by molar-refractivity contribution is 5.87. The van der Waals surface area contributed by atoms with Gasteiger partial charge in [-0.15, -0.1) is 0 Å². The maximum Gasteiger partial charge on any atom is 0.414 e. The summed E-state index contributed by atoms with van der Waals surface area (Å²) in [7, 11) is 1.41. The summed E-state index contributed by atoms with van der Waals surface area (Å²) in [6.45, 7) is 8.61. The third-order valence-corrected chi connectivity index (χ3v) is 6.94. The standard InChI is InChI=1S/C33H57NO4/c1-6-7-8-9-10-11-12-13-14-15-16-17-18-19-20-21-28-34(32(36)38-33(2,3)4)30-25-22-29(23-26-30)24-27-31(35)37-5/h22-23,25-26H,6-21,24,27-28H2,1-5H3. The molecule has 0 aliphatic carbocycles. The van der Waals surface area contributed by atoms with Gasteiger partial charge < -0.3 is 9.47 Å². The van der Waals surface area contributed by atoms with Gasteiger partial charge in [0, 0.05) is 18.7 Å². The maximum atomic E-state index is 12.9. The van der Waals surface area contributed by atoms with Crippen molar-refractivity contribution in [1.82, 2.24) is 0 Å². The molecule has 0 saturated carbocycles. The second kappa shape index (κ2) is 20.9. The Kier molecular flexibility index (Phi) is 18.7. The van der Waals surface area contributed by atoms with Crippen molar-refractivity contribution < 1.29 is 19.1 Å². The van der Waals surface area contributed by atoms with E-state index >= 15 is 0 Å². The van der Waals surface area contributed by atoms with Crippen LogP contribution >= 0.6 is 0 Å². The summed E-state index contributed by atoms with van der Waals surface area (Å²) in [5, 5.41) is 0. The molecule has 0 radical (unpaired) electrons. The number of anilines is 1. The van der Waals surface area contributed by atoms with Crippen LogP contribution in [0.2, 0.25) is 0 Å². The number of ether oxygens (including phenoxy) is 2. The molecule has 38 heavy (non-hydrogen) atoms. The average Bonchev–Trinajstić information content (AvgIpc) is 2.88. The molecule has 0 atom stereocenters. The molecule has 5 heteroatoms. The molecule has 1 amide bonds. The van der Waals surface area contributed by atoms with Gasteiger partial charge in [0.05, 0.1) is 7.11 Å². The fourth-order valence-corrected chi connectivity index (χ4v) is 4.65. The first kappa shape index (κ1) is 34.0. The molecule has 0 spiro atoms. The predicted molar refractivity (Wildman–Crippen MR) is 160 cm³/mol. The first-order valence-corrected chi connectivity index (χ1v) is 15.4. The van der Waals surface area contributed by atoms with Crippen LogP contribution in [0, 0.1) is 0 Å². The lowest BCUT2D eigenvalue weighted by Crippen LogP contribution is -2.37. The number of nitrogens with zero attached hydrogens (tertiary/aromatic N) is 1. The number of esters is 1. The number of aryl methyl sites for hydroxylation is 1. The molecule has 0 N–H and O–H groups in total. The van der Waals surface area contributed by atoms with Crippen molar-refractivity contribution in [3.63, 3.8) is 0 Å². The van der Waals surface area contributed by atoms with E-state index in [9.17, 15) is 9.59 Å². The van der Waals surface area contributed by atoms with E-state index in [-0.39, 0.29) is 12.1 Å². The second-order valence-corrected chi connectivity index (χ2v) is 11.7. The molecule has 0 saturated heterocycles. The van der Waals surface area contributed by atoms with Gasteiger partial charge in [-0.25, -0.2) is 4.79 Å². The Labute approximate surface area is 234 Å². The van der Waals surface area contributed by atoms with Crippen LogP contribution in [0.3, 0.4) is 0 Å². The molecule has 0 bridgehead atoms. The highest BCUT2D eigenvalue weighted by Gasteiger charge is 2.23. The lowest BCUT2D eigenvalue weighted by atomic mass is 10.0. The Morgan fingerprint density at radius 2 is 1.16 bits per heavy atom. The van der Waals surface area contributed by atoms with Gasteiger partial charge in [0.1, 0.15) is 5.60 Å². The summed E-state index contributed by atoms with van der Waals surface area (Å²) in [5.41, 5.74) is 1.34. The Morgan fingerprint density at radius 1 is 0.711 bits per heavy atom. The summed E-state index contributed by atoms with van der Waals surface area (Å²) in [6, 6.07) is 7.85. The fraction of sp³-hybridized carbons (Fsp3) is 0.758. The minimum atomic E-state index is -0.537. The third kappa shape index (κ3) is 17.5. The fourth-order valence-electron chi connectivity index (χ4n) is 4.65. The molecular formula is C33H57NO4. The summed E-state index contributed by atoms with van der Waals surface area (Å²) in [5.74, 6) is -0.215. The lowest BCUT2D eigenvalue weighted by Gasteiger charge is -2.27. The summed E-state index contributed by atoms with van der Waals surface area (Å²) in [6.07, 6.45) is 21.9. The van der Waals surface area contributed by atoms with Crippen molar-refractivity contribution in [2.75, 3.05) is 18.6 Å². The Balaban J connectivity index is 2.29. The minimum Gasteiger partial charge on any atom is -0.469 e. The van der Waals surface area contributed by atoms with E-state index in [1.807, 2.05) is 45.0 Å². The van der Waals surface area contributed by atoms with Crippen LogP contribution in [-0.4, -0.2) is 31.3 Å². The van der Waals surface area contributed by atoms with Crippen LogP contribution in [0.15, 0.2) is 24.3 Å². The van der Waals surface area contributed by atoms with E-state index in [0.717, 1.165) is 24.1 Å². The Bertz CT molecular complexity index is 738. The van der Waals surface area contributed by atoms with Crippen LogP contribution in [0.4, 0.5) is 10.5 Å². The Hall–Kier alpha value is -2.04. The predicted octanol–water partition coefficient (Wildman–Crippen LogP) is 9.80. The van der Waals surface area contributed by atoms with Crippen molar-refractivity contribution in [3.05, 3.63) is 29.8 Å². The number of unbranched alkanes of at least 4 members (excludes halogenated alkanes) is 15. The summed E-state index contributed by atoms with van der Waals surface area (Å²) >= 11 is 0. The first-order valence-electron chi connectivity index (χ1n) is 15.4. The molecular weight excluding hydrogens is 474 g/mol. The van der Waals surface area contributed by atoms with Crippen LogP contribution in [-0.2, 0) is 20.7 Å². The van der Waals surface area contributed by atoms with Gasteiger partial charge in [-0.05, 0) is 51.3 Å². The van der Waals surface area contributed by atoms with Crippen LogP contribution in [0.5, 0.6) is 0 Å². The topological polar surface area (TPSA) is 55.8 Å². The zero-order valence-electron chi connectivity index (χ0n) is 25.3. The number of amides is 1. The minimum absolute atomic E-state index is 0.215. The van der Waals surface area contributed by atoms with E-state index in [1.54, 1.807) is 4.90 Å². The molecule has 0 aliphatic rings.